The third kappa shape index (κ3) is 5.61. The van der Waals surface area contributed by atoms with Gasteiger partial charge in [0.1, 0.15) is 6.54 Å². The summed E-state index contributed by atoms with van der Waals surface area (Å²) in [7, 11) is 0. The number of halogens is 3. The van der Waals surface area contributed by atoms with Crippen molar-refractivity contribution in [2.75, 3.05) is 13.1 Å². The molecule has 0 aliphatic carbocycles. The van der Waals surface area contributed by atoms with Gasteiger partial charge in [0.15, 0.2) is 0 Å². The summed E-state index contributed by atoms with van der Waals surface area (Å²) in [6.07, 6.45) is -4.05. The van der Waals surface area contributed by atoms with Gasteiger partial charge in [-0.05, 0) is 25.8 Å². The number of rotatable bonds is 5. The molecule has 1 rings (SSSR count). The number of carbonyl (C=O) groups is 1. The van der Waals surface area contributed by atoms with Crippen LogP contribution in [0.25, 0.3) is 0 Å². The molecular weight excluding hydrogens is 269 g/mol. The van der Waals surface area contributed by atoms with E-state index in [-0.39, 0.29) is 6.54 Å². The van der Waals surface area contributed by atoms with Crippen LogP contribution in [0.4, 0.5) is 13.2 Å². The highest BCUT2D eigenvalue weighted by molar-refractivity contribution is 5.81. The highest BCUT2D eigenvalue weighted by atomic mass is 19.4. The Balaban J connectivity index is 2.69. The highest BCUT2D eigenvalue weighted by Gasteiger charge is 2.33. The van der Waals surface area contributed by atoms with Crippen LogP contribution in [0.15, 0.2) is 24.3 Å². The van der Waals surface area contributed by atoms with Crippen molar-refractivity contribution < 1.29 is 18.0 Å². The van der Waals surface area contributed by atoms with Gasteiger partial charge in [-0.3, -0.25) is 4.79 Å². The molecule has 0 aromatic heterocycles. The Hall–Kier alpha value is -1.56. The van der Waals surface area contributed by atoms with E-state index >= 15 is 0 Å². The number of amides is 1. The number of hydrogen-bond acceptors (Lipinski definition) is 2. The first-order chi connectivity index (χ1) is 9.19. The maximum Gasteiger partial charge on any atom is 0.406 e. The van der Waals surface area contributed by atoms with Crippen LogP contribution in [0.2, 0.25) is 0 Å². The number of carbonyl (C=O) groups excluding carboxylic acids is 1. The number of nitrogens with two attached hydrogens (primary N) is 1. The molecule has 0 fully saturated rings. The van der Waals surface area contributed by atoms with E-state index in [1.165, 1.54) is 6.92 Å². The van der Waals surface area contributed by atoms with Crippen molar-refractivity contribution in [3.63, 3.8) is 0 Å². The van der Waals surface area contributed by atoms with Gasteiger partial charge in [-0.25, -0.2) is 0 Å². The van der Waals surface area contributed by atoms with E-state index in [1.807, 2.05) is 31.2 Å². The molecule has 1 aromatic rings. The fourth-order valence-electron chi connectivity index (χ4n) is 1.79. The maximum absolute atomic E-state index is 12.5. The molecule has 0 saturated carbocycles. The Bertz CT molecular complexity index is 441. The maximum atomic E-state index is 12.5. The van der Waals surface area contributed by atoms with Gasteiger partial charge >= 0.3 is 6.18 Å². The Morgan fingerprint density at radius 3 is 2.30 bits per heavy atom. The highest BCUT2D eigenvalue weighted by Crippen LogP contribution is 2.17. The lowest BCUT2D eigenvalue weighted by molar-refractivity contribution is -0.161. The van der Waals surface area contributed by atoms with Crippen LogP contribution in [-0.4, -0.2) is 36.1 Å². The summed E-state index contributed by atoms with van der Waals surface area (Å²) in [4.78, 5) is 12.5. The largest absolute Gasteiger partial charge is 0.406 e. The number of benzene rings is 1. The Labute approximate surface area is 116 Å². The van der Waals surface area contributed by atoms with Gasteiger partial charge in [0.25, 0.3) is 0 Å². The first-order valence-corrected chi connectivity index (χ1v) is 6.35. The lowest BCUT2D eigenvalue weighted by Crippen LogP contribution is -2.47. The average Bonchev–Trinajstić information content (AvgIpc) is 2.34. The van der Waals surface area contributed by atoms with Gasteiger partial charge in [0.05, 0.1) is 6.04 Å². The predicted molar refractivity (Wildman–Crippen MR) is 71.2 cm³/mol. The summed E-state index contributed by atoms with van der Waals surface area (Å²) >= 11 is 0. The third-order valence-corrected chi connectivity index (χ3v) is 2.86. The molecular formula is C14H19F3N2O. The SMILES string of the molecule is Cc1ccc(CCN(CC(F)(F)F)C(=O)[C@H](C)N)cc1. The zero-order valence-electron chi connectivity index (χ0n) is 11.6. The number of nitrogens with zero attached hydrogens (tertiary/aromatic N) is 1. The van der Waals surface area contributed by atoms with E-state index in [1.54, 1.807) is 0 Å². The second kappa shape index (κ2) is 6.74. The van der Waals surface area contributed by atoms with Crippen molar-refractivity contribution in [2.24, 2.45) is 5.73 Å². The second-order valence-corrected chi connectivity index (χ2v) is 4.90. The zero-order valence-corrected chi connectivity index (χ0v) is 11.6. The molecule has 0 heterocycles. The molecule has 0 bridgehead atoms. The van der Waals surface area contributed by atoms with E-state index in [2.05, 4.69) is 0 Å². The summed E-state index contributed by atoms with van der Waals surface area (Å²) in [5.41, 5.74) is 7.35. The molecule has 1 aromatic carbocycles. The molecule has 112 valence electrons. The molecule has 2 N–H and O–H groups in total. The molecule has 0 aliphatic heterocycles. The number of alkyl halides is 3. The fourth-order valence-corrected chi connectivity index (χ4v) is 1.79. The molecule has 0 aliphatic rings. The normalized spacial score (nSPS) is 13.1. The van der Waals surface area contributed by atoms with Crippen LogP contribution in [0.5, 0.6) is 0 Å². The molecule has 0 radical (unpaired) electrons. The summed E-state index contributed by atoms with van der Waals surface area (Å²) in [6, 6.07) is 6.53. The van der Waals surface area contributed by atoms with Gasteiger partial charge in [-0.1, -0.05) is 29.8 Å². The van der Waals surface area contributed by atoms with E-state index < -0.39 is 24.7 Å². The second-order valence-electron chi connectivity index (χ2n) is 4.90. The molecule has 0 saturated heterocycles. The van der Waals surface area contributed by atoms with E-state index in [0.29, 0.717) is 6.42 Å². The topological polar surface area (TPSA) is 46.3 Å². The Morgan fingerprint density at radius 1 is 1.30 bits per heavy atom. The first kappa shape index (κ1) is 16.5. The number of aryl methyl sites for hydroxylation is 1. The minimum Gasteiger partial charge on any atom is -0.332 e. The van der Waals surface area contributed by atoms with Crippen molar-refractivity contribution in [3.05, 3.63) is 35.4 Å². The summed E-state index contributed by atoms with van der Waals surface area (Å²) in [5, 5.41) is 0. The zero-order chi connectivity index (χ0) is 15.3. The quantitative estimate of drug-likeness (QED) is 0.903. The van der Waals surface area contributed by atoms with Crippen LogP contribution < -0.4 is 5.73 Å². The van der Waals surface area contributed by atoms with Crippen LogP contribution in [-0.2, 0) is 11.2 Å². The van der Waals surface area contributed by atoms with Crippen molar-refractivity contribution in [1.82, 2.24) is 4.90 Å². The first-order valence-electron chi connectivity index (χ1n) is 6.35. The van der Waals surface area contributed by atoms with Gasteiger partial charge < -0.3 is 10.6 Å². The summed E-state index contributed by atoms with van der Waals surface area (Å²) in [5.74, 6) is -0.686. The van der Waals surface area contributed by atoms with Crippen LogP contribution >= 0.6 is 0 Å². The molecule has 6 heteroatoms. The standard InChI is InChI=1S/C14H19F3N2O/c1-10-3-5-12(6-4-10)7-8-19(9-14(15,16)17)13(20)11(2)18/h3-6,11H,7-9,18H2,1-2H3/t11-/m0/s1. The molecule has 0 spiro atoms. The van der Waals surface area contributed by atoms with Crippen molar-refractivity contribution >= 4 is 5.91 Å². The lowest BCUT2D eigenvalue weighted by atomic mass is 10.1. The predicted octanol–water partition coefficient (Wildman–Crippen LogP) is 2.28. The Morgan fingerprint density at radius 2 is 1.85 bits per heavy atom. The minimum atomic E-state index is -4.42. The van der Waals surface area contributed by atoms with E-state index in [9.17, 15) is 18.0 Å². The smallest absolute Gasteiger partial charge is 0.332 e. The molecule has 1 amide bonds. The molecule has 3 nitrogen and oxygen atoms in total. The van der Waals surface area contributed by atoms with Crippen molar-refractivity contribution in [2.45, 2.75) is 32.5 Å². The van der Waals surface area contributed by atoms with E-state index in [4.69, 9.17) is 5.73 Å². The molecule has 1 atom stereocenters. The summed E-state index contributed by atoms with van der Waals surface area (Å²) < 4.78 is 37.4. The summed E-state index contributed by atoms with van der Waals surface area (Å²) in [6.45, 7) is 2.05. The monoisotopic (exact) mass is 288 g/mol. The van der Waals surface area contributed by atoms with Crippen molar-refractivity contribution in [1.29, 1.82) is 0 Å². The van der Waals surface area contributed by atoms with E-state index in [0.717, 1.165) is 16.0 Å². The number of hydrogen-bond donors (Lipinski definition) is 1. The average molecular weight is 288 g/mol. The van der Waals surface area contributed by atoms with Crippen LogP contribution in [0, 0.1) is 6.92 Å². The van der Waals surface area contributed by atoms with Crippen LogP contribution in [0.1, 0.15) is 18.1 Å². The fraction of sp³-hybridized carbons (Fsp3) is 0.500. The van der Waals surface area contributed by atoms with Crippen molar-refractivity contribution in [3.8, 4) is 0 Å². The lowest BCUT2D eigenvalue weighted by Gasteiger charge is -2.25. The Kier molecular flexibility index (Phi) is 5.56. The minimum absolute atomic E-state index is 0.00292. The molecule has 20 heavy (non-hydrogen) atoms. The van der Waals surface area contributed by atoms with Gasteiger partial charge in [0, 0.05) is 6.54 Å². The van der Waals surface area contributed by atoms with Gasteiger partial charge in [-0.15, -0.1) is 0 Å². The molecule has 0 unspecified atom stereocenters. The van der Waals surface area contributed by atoms with Gasteiger partial charge in [-0.2, -0.15) is 13.2 Å². The van der Waals surface area contributed by atoms with Crippen LogP contribution in [0.3, 0.4) is 0 Å². The van der Waals surface area contributed by atoms with Gasteiger partial charge in [0.2, 0.25) is 5.91 Å². The third-order valence-electron chi connectivity index (χ3n) is 2.86.